The van der Waals surface area contributed by atoms with Gasteiger partial charge in [-0.25, -0.2) is 15.0 Å². The van der Waals surface area contributed by atoms with Gasteiger partial charge in [0.1, 0.15) is 5.82 Å². The summed E-state index contributed by atoms with van der Waals surface area (Å²) in [6.07, 6.45) is 4.49. The minimum Gasteiger partial charge on any atom is -0.378 e. The molecular formula is C24H29N7O2. The number of aromatic nitrogens is 4. The fourth-order valence-corrected chi connectivity index (χ4v) is 4.76. The van der Waals surface area contributed by atoms with Crippen molar-refractivity contribution in [3.05, 3.63) is 47.9 Å². The Bertz CT molecular complexity index is 1100. The lowest BCUT2D eigenvalue weighted by Gasteiger charge is -2.41. The summed E-state index contributed by atoms with van der Waals surface area (Å²) in [5, 5.41) is 3.26. The molecule has 1 atom stereocenters. The summed E-state index contributed by atoms with van der Waals surface area (Å²) in [6.45, 7) is 8.06. The highest BCUT2D eigenvalue weighted by Gasteiger charge is 2.33. The SMILES string of the molecule is C[C@H]1COCCN1c1nc(-c2ccc(Nc3ncc[nH]3)cc2)nc2c1CCN(C1COC1)C2. The lowest BCUT2D eigenvalue weighted by atomic mass is 10.0. The first-order valence-electron chi connectivity index (χ1n) is 11.7. The summed E-state index contributed by atoms with van der Waals surface area (Å²) >= 11 is 0. The molecule has 1 aromatic carbocycles. The maximum Gasteiger partial charge on any atom is 0.204 e. The van der Waals surface area contributed by atoms with Crippen molar-refractivity contribution >= 4 is 17.5 Å². The van der Waals surface area contributed by atoms with Gasteiger partial charge in [0.2, 0.25) is 5.95 Å². The zero-order valence-electron chi connectivity index (χ0n) is 18.8. The summed E-state index contributed by atoms with van der Waals surface area (Å²) in [5.74, 6) is 2.57. The van der Waals surface area contributed by atoms with Crippen molar-refractivity contribution in [2.45, 2.75) is 32.0 Å². The average Bonchev–Trinajstić information content (AvgIpc) is 3.31. The number of rotatable bonds is 5. The summed E-state index contributed by atoms with van der Waals surface area (Å²) < 4.78 is 11.1. The maximum absolute atomic E-state index is 5.70. The molecule has 2 aromatic heterocycles. The van der Waals surface area contributed by atoms with Crippen LogP contribution < -0.4 is 10.2 Å². The molecule has 0 aliphatic carbocycles. The van der Waals surface area contributed by atoms with E-state index in [4.69, 9.17) is 19.4 Å². The molecule has 3 aliphatic rings. The Hall–Kier alpha value is -3.01. The first-order chi connectivity index (χ1) is 16.2. The summed E-state index contributed by atoms with van der Waals surface area (Å²) in [5.41, 5.74) is 4.41. The van der Waals surface area contributed by atoms with Crippen LogP contribution in [0.5, 0.6) is 0 Å². The molecule has 0 spiro atoms. The predicted octanol–water partition coefficient (Wildman–Crippen LogP) is 2.59. The van der Waals surface area contributed by atoms with E-state index < -0.39 is 0 Å². The van der Waals surface area contributed by atoms with Gasteiger partial charge in [-0.15, -0.1) is 0 Å². The van der Waals surface area contributed by atoms with Crippen molar-refractivity contribution in [1.29, 1.82) is 0 Å². The number of nitrogens with one attached hydrogen (secondary N) is 2. The Balaban J connectivity index is 1.34. The predicted molar refractivity (Wildman–Crippen MR) is 126 cm³/mol. The number of anilines is 3. The van der Waals surface area contributed by atoms with Crippen molar-refractivity contribution in [2.24, 2.45) is 0 Å². The fourth-order valence-electron chi connectivity index (χ4n) is 4.76. The van der Waals surface area contributed by atoms with Gasteiger partial charge in [0, 0.05) is 48.8 Å². The van der Waals surface area contributed by atoms with Crippen LogP contribution in [0.2, 0.25) is 0 Å². The van der Waals surface area contributed by atoms with Gasteiger partial charge < -0.3 is 24.7 Å². The number of morpholine rings is 1. The summed E-state index contributed by atoms with van der Waals surface area (Å²) in [6, 6.07) is 9.02. The van der Waals surface area contributed by atoms with Crippen molar-refractivity contribution in [2.75, 3.05) is 49.7 Å². The fraction of sp³-hybridized carbons (Fsp3) is 0.458. The van der Waals surface area contributed by atoms with Gasteiger partial charge in [-0.1, -0.05) is 0 Å². The minimum absolute atomic E-state index is 0.295. The number of benzene rings is 1. The molecule has 2 N–H and O–H groups in total. The van der Waals surface area contributed by atoms with Crippen LogP contribution in [0.1, 0.15) is 18.2 Å². The zero-order valence-corrected chi connectivity index (χ0v) is 18.8. The second kappa shape index (κ2) is 8.74. The molecule has 3 aliphatic heterocycles. The third-order valence-electron chi connectivity index (χ3n) is 6.75. The maximum atomic E-state index is 5.70. The van der Waals surface area contributed by atoms with Gasteiger partial charge in [-0.3, -0.25) is 4.90 Å². The lowest BCUT2D eigenvalue weighted by Crippen LogP contribution is -2.51. The molecule has 0 saturated carbocycles. The highest BCUT2D eigenvalue weighted by atomic mass is 16.5. The van der Waals surface area contributed by atoms with Gasteiger partial charge >= 0.3 is 0 Å². The van der Waals surface area contributed by atoms with E-state index in [0.717, 1.165) is 87.0 Å². The lowest BCUT2D eigenvalue weighted by molar-refractivity contribution is -0.0699. The normalized spacial score (nSPS) is 21.5. The van der Waals surface area contributed by atoms with Gasteiger partial charge in [-0.2, -0.15) is 0 Å². The van der Waals surface area contributed by atoms with Gasteiger partial charge in [0.25, 0.3) is 0 Å². The van der Waals surface area contributed by atoms with E-state index >= 15 is 0 Å². The molecule has 33 heavy (non-hydrogen) atoms. The third kappa shape index (κ3) is 4.07. The van der Waals surface area contributed by atoms with Crippen LogP contribution in [-0.4, -0.2) is 76.4 Å². The number of fused-ring (bicyclic) bond motifs is 1. The van der Waals surface area contributed by atoms with Crippen molar-refractivity contribution in [1.82, 2.24) is 24.8 Å². The first-order valence-corrected chi connectivity index (χ1v) is 11.7. The van der Waals surface area contributed by atoms with Gasteiger partial charge in [0.15, 0.2) is 5.82 Å². The van der Waals surface area contributed by atoms with Crippen molar-refractivity contribution < 1.29 is 9.47 Å². The molecule has 0 bridgehead atoms. The van der Waals surface area contributed by atoms with Crippen molar-refractivity contribution in [3.8, 4) is 11.4 Å². The number of H-pyrrole nitrogens is 1. The van der Waals surface area contributed by atoms with Crippen LogP contribution >= 0.6 is 0 Å². The Labute approximate surface area is 193 Å². The number of imidazole rings is 1. The van der Waals surface area contributed by atoms with Gasteiger partial charge in [0.05, 0.1) is 44.2 Å². The quantitative estimate of drug-likeness (QED) is 0.617. The Morgan fingerprint density at radius 3 is 2.67 bits per heavy atom. The molecule has 0 radical (unpaired) electrons. The van der Waals surface area contributed by atoms with Crippen LogP contribution in [0.25, 0.3) is 11.4 Å². The molecule has 3 aromatic rings. The molecule has 2 saturated heterocycles. The molecule has 6 rings (SSSR count). The van der Waals surface area contributed by atoms with Crippen molar-refractivity contribution in [3.63, 3.8) is 0 Å². The van der Waals surface area contributed by atoms with E-state index in [2.05, 4.69) is 44.1 Å². The standard InChI is InChI=1S/C24H29N7O2/c1-16-13-32-11-10-31(16)23-20-6-9-30(19-14-33-15-19)12-21(20)28-22(29-23)17-2-4-18(5-3-17)27-24-25-7-8-26-24/h2-5,7-8,16,19H,6,9-15H2,1H3,(H2,25,26,27)/t16-/m0/s1. The Kier molecular flexibility index (Phi) is 5.45. The summed E-state index contributed by atoms with van der Waals surface area (Å²) in [7, 11) is 0. The second-order valence-corrected chi connectivity index (χ2v) is 8.97. The van der Waals surface area contributed by atoms with E-state index in [0.29, 0.717) is 12.1 Å². The molecular weight excluding hydrogens is 418 g/mol. The molecule has 9 heteroatoms. The Morgan fingerprint density at radius 2 is 1.94 bits per heavy atom. The number of hydrogen-bond donors (Lipinski definition) is 2. The first kappa shape index (κ1) is 20.6. The molecule has 0 amide bonds. The number of hydrogen-bond acceptors (Lipinski definition) is 8. The second-order valence-electron chi connectivity index (χ2n) is 8.97. The number of aromatic amines is 1. The van der Waals surface area contributed by atoms with Crippen LogP contribution in [0.4, 0.5) is 17.5 Å². The Morgan fingerprint density at radius 1 is 1.06 bits per heavy atom. The number of nitrogens with zero attached hydrogens (tertiary/aromatic N) is 5. The van der Waals surface area contributed by atoms with Crippen LogP contribution in [0, 0.1) is 0 Å². The van der Waals surface area contributed by atoms with Crippen LogP contribution in [0.3, 0.4) is 0 Å². The topological polar surface area (TPSA) is 91.4 Å². The van der Waals surface area contributed by atoms with Gasteiger partial charge in [-0.05, 0) is 37.6 Å². The largest absolute Gasteiger partial charge is 0.378 e. The average molecular weight is 448 g/mol. The highest BCUT2D eigenvalue weighted by Crippen LogP contribution is 2.33. The third-order valence-corrected chi connectivity index (χ3v) is 6.75. The van der Waals surface area contributed by atoms with E-state index in [-0.39, 0.29) is 0 Å². The summed E-state index contributed by atoms with van der Waals surface area (Å²) in [4.78, 5) is 22.4. The van der Waals surface area contributed by atoms with E-state index in [1.165, 1.54) is 5.56 Å². The van der Waals surface area contributed by atoms with Crippen LogP contribution in [-0.2, 0) is 22.4 Å². The molecule has 9 nitrogen and oxygen atoms in total. The van der Waals surface area contributed by atoms with E-state index in [9.17, 15) is 0 Å². The van der Waals surface area contributed by atoms with E-state index in [1.807, 2.05) is 12.1 Å². The molecule has 5 heterocycles. The number of ether oxygens (including phenoxy) is 2. The highest BCUT2D eigenvalue weighted by molar-refractivity contribution is 5.65. The molecule has 2 fully saturated rings. The minimum atomic E-state index is 0.295. The van der Waals surface area contributed by atoms with Crippen LogP contribution in [0.15, 0.2) is 36.7 Å². The monoisotopic (exact) mass is 447 g/mol. The zero-order chi connectivity index (χ0) is 22.2. The van der Waals surface area contributed by atoms with E-state index in [1.54, 1.807) is 12.4 Å². The smallest absolute Gasteiger partial charge is 0.204 e. The molecule has 172 valence electrons. The molecule has 0 unspecified atom stereocenters.